The van der Waals surface area contributed by atoms with E-state index < -0.39 is 0 Å². The fourth-order valence-electron chi connectivity index (χ4n) is 2.73. The molecule has 2 unspecified atom stereocenters. The standard InChI is InChI=1S/C12H23NO2/c1-6-9-12(4,7-10(14)13-9)8-11(2,3)15-5/h9H,6-8H2,1-5H3,(H,13,14). The van der Waals surface area contributed by atoms with Crippen LogP contribution in [-0.4, -0.2) is 24.7 Å². The minimum Gasteiger partial charge on any atom is -0.379 e. The number of carbonyl (C=O) groups is 1. The van der Waals surface area contributed by atoms with Crippen LogP contribution in [0.1, 0.15) is 47.0 Å². The van der Waals surface area contributed by atoms with Crippen molar-refractivity contribution in [3.05, 3.63) is 0 Å². The van der Waals surface area contributed by atoms with E-state index in [0.717, 1.165) is 12.8 Å². The van der Waals surface area contributed by atoms with Gasteiger partial charge in [-0.25, -0.2) is 0 Å². The van der Waals surface area contributed by atoms with Crippen molar-refractivity contribution in [3.63, 3.8) is 0 Å². The number of nitrogens with one attached hydrogen (secondary N) is 1. The van der Waals surface area contributed by atoms with E-state index in [0.29, 0.717) is 12.5 Å². The molecule has 0 aliphatic carbocycles. The molecule has 1 aliphatic heterocycles. The zero-order valence-electron chi connectivity index (χ0n) is 10.5. The first kappa shape index (κ1) is 12.5. The van der Waals surface area contributed by atoms with Crippen LogP contribution in [0.5, 0.6) is 0 Å². The predicted octanol–water partition coefficient (Wildman–Crippen LogP) is 2.11. The van der Waals surface area contributed by atoms with Crippen LogP contribution < -0.4 is 5.32 Å². The number of hydrogen-bond acceptors (Lipinski definition) is 2. The smallest absolute Gasteiger partial charge is 0.220 e. The lowest BCUT2D eigenvalue weighted by Gasteiger charge is -2.36. The van der Waals surface area contributed by atoms with Crippen molar-refractivity contribution in [1.82, 2.24) is 5.32 Å². The Bertz CT molecular complexity index is 250. The Hall–Kier alpha value is -0.570. The number of ether oxygens (including phenoxy) is 1. The Morgan fingerprint density at radius 2 is 2.20 bits per heavy atom. The maximum Gasteiger partial charge on any atom is 0.220 e. The lowest BCUT2D eigenvalue weighted by Crippen LogP contribution is -2.40. The molecule has 0 spiro atoms. The molecule has 0 aromatic carbocycles. The summed E-state index contributed by atoms with van der Waals surface area (Å²) in [6.45, 7) is 8.45. The highest BCUT2D eigenvalue weighted by Gasteiger charge is 2.45. The lowest BCUT2D eigenvalue weighted by atomic mass is 9.73. The van der Waals surface area contributed by atoms with Crippen molar-refractivity contribution in [2.75, 3.05) is 7.11 Å². The molecule has 1 N–H and O–H groups in total. The van der Waals surface area contributed by atoms with Crippen molar-refractivity contribution in [2.45, 2.75) is 58.6 Å². The van der Waals surface area contributed by atoms with Gasteiger partial charge in [-0.1, -0.05) is 13.8 Å². The average Bonchev–Trinajstić information content (AvgIpc) is 2.39. The zero-order chi connectivity index (χ0) is 11.7. The minimum absolute atomic E-state index is 0.0331. The molecule has 0 radical (unpaired) electrons. The van der Waals surface area contributed by atoms with E-state index in [2.05, 4.69) is 33.0 Å². The van der Waals surface area contributed by atoms with E-state index >= 15 is 0 Å². The van der Waals surface area contributed by atoms with Crippen molar-refractivity contribution in [1.29, 1.82) is 0 Å². The SMILES string of the molecule is CCC1NC(=O)CC1(C)CC(C)(C)OC. The number of carbonyl (C=O) groups excluding carboxylic acids is 1. The summed E-state index contributed by atoms with van der Waals surface area (Å²) in [5.41, 5.74) is -0.125. The largest absolute Gasteiger partial charge is 0.379 e. The Labute approximate surface area is 92.6 Å². The lowest BCUT2D eigenvalue weighted by molar-refractivity contribution is -0.119. The van der Waals surface area contributed by atoms with Crippen LogP contribution in [0.25, 0.3) is 0 Å². The Balaban J connectivity index is 2.77. The van der Waals surface area contributed by atoms with Gasteiger partial charge in [-0.15, -0.1) is 0 Å². The molecule has 1 amide bonds. The highest BCUT2D eigenvalue weighted by molar-refractivity contribution is 5.79. The van der Waals surface area contributed by atoms with E-state index in [1.54, 1.807) is 7.11 Å². The summed E-state index contributed by atoms with van der Waals surface area (Å²) < 4.78 is 5.45. The third-order valence-electron chi connectivity index (χ3n) is 3.53. The average molecular weight is 213 g/mol. The van der Waals surface area contributed by atoms with Crippen LogP contribution in [0.3, 0.4) is 0 Å². The summed E-state index contributed by atoms with van der Waals surface area (Å²) in [5.74, 6) is 0.177. The van der Waals surface area contributed by atoms with Crippen LogP contribution in [0.4, 0.5) is 0 Å². The molecule has 3 heteroatoms. The summed E-state index contributed by atoms with van der Waals surface area (Å²) in [7, 11) is 1.73. The van der Waals surface area contributed by atoms with Gasteiger partial charge in [0.2, 0.25) is 5.91 Å². The Kier molecular flexibility index (Phi) is 3.44. The third-order valence-corrected chi connectivity index (χ3v) is 3.53. The van der Waals surface area contributed by atoms with Crippen LogP contribution in [0.2, 0.25) is 0 Å². The van der Waals surface area contributed by atoms with Gasteiger partial charge in [0.05, 0.1) is 5.60 Å². The first-order valence-corrected chi connectivity index (χ1v) is 5.67. The molecule has 15 heavy (non-hydrogen) atoms. The molecule has 1 saturated heterocycles. The van der Waals surface area contributed by atoms with E-state index in [1.165, 1.54) is 0 Å². The summed E-state index contributed by atoms with van der Waals surface area (Å²) >= 11 is 0. The van der Waals surface area contributed by atoms with Gasteiger partial charge in [-0.3, -0.25) is 4.79 Å². The Morgan fingerprint density at radius 1 is 1.60 bits per heavy atom. The van der Waals surface area contributed by atoms with E-state index in [1.807, 2.05) is 0 Å². The fraction of sp³-hybridized carbons (Fsp3) is 0.917. The summed E-state index contributed by atoms with van der Waals surface area (Å²) in [5, 5.41) is 3.05. The molecular weight excluding hydrogens is 190 g/mol. The molecule has 1 rings (SSSR count). The highest BCUT2D eigenvalue weighted by Crippen LogP contribution is 2.41. The number of rotatable bonds is 4. The van der Waals surface area contributed by atoms with Crippen LogP contribution in [0, 0.1) is 5.41 Å². The minimum atomic E-state index is -0.158. The quantitative estimate of drug-likeness (QED) is 0.776. The summed E-state index contributed by atoms with van der Waals surface area (Å²) in [4.78, 5) is 11.5. The van der Waals surface area contributed by atoms with Gasteiger partial charge >= 0.3 is 0 Å². The molecular formula is C12H23NO2. The number of hydrogen-bond donors (Lipinski definition) is 1. The highest BCUT2D eigenvalue weighted by atomic mass is 16.5. The molecule has 0 aromatic rings. The third kappa shape index (κ3) is 2.71. The molecule has 1 aliphatic rings. The van der Waals surface area contributed by atoms with Gasteiger partial charge in [0.1, 0.15) is 0 Å². The Morgan fingerprint density at radius 3 is 2.67 bits per heavy atom. The molecule has 0 bridgehead atoms. The molecule has 1 heterocycles. The zero-order valence-corrected chi connectivity index (χ0v) is 10.5. The fourth-order valence-corrected chi connectivity index (χ4v) is 2.73. The van der Waals surface area contributed by atoms with E-state index in [9.17, 15) is 4.79 Å². The maximum absolute atomic E-state index is 11.5. The van der Waals surface area contributed by atoms with Gasteiger partial charge in [0, 0.05) is 19.6 Å². The second-order valence-electron chi connectivity index (χ2n) is 5.50. The van der Waals surface area contributed by atoms with Crippen molar-refractivity contribution in [3.8, 4) is 0 Å². The second kappa shape index (κ2) is 4.12. The summed E-state index contributed by atoms with van der Waals surface area (Å²) in [6, 6.07) is 0.291. The van der Waals surface area contributed by atoms with Crippen LogP contribution in [-0.2, 0) is 9.53 Å². The van der Waals surface area contributed by atoms with E-state index in [-0.39, 0.29) is 16.9 Å². The monoisotopic (exact) mass is 213 g/mol. The molecule has 3 nitrogen and oxygen atoms in total. The van der Waals surface area contributed by atoms with Crippen molar-refractivity contribution >= 4 is 5.91 Å². The van der Waals surface area contributed by atoms with Gasteiger partial charge in [-0.2, -0.15) is 0 Å². The van der Waals surface area contributed by atoms with Gasteiger partial charge < -0.3 is 10.1 Å². The summed E-state index contributed by atoms with van der Waals surface area (Å²) in [6.07, 6.45) is 2.52. The number of methoxy groups -OCH3 is 1. The van der Waals surface area contributed by atoms with Crippen molar-refractivity contribution < 1.29 is 9.53 Å². The van der Waals surface area contributed by atoms with Crippen LogP contribution in [0.15, 0.2) is 0 Å². The molecule has 0 saturated carbocycles. The molecule has 0 aromatic heterocycles. The molecule has 88 valence electrons. The predicted molar refractivity (Wildman–Crippen MR) is 60.7 cm³/mol. The first-order valence-electron chi connectivity index (χ1n) is 5.67. The normalized spacial score (nSPS) is 31.8. The maximum atomic E-state index is 11.5. The number of amides is 1. The van der Waals surface area contributed by atoms with Gasteiger partial charge in [0.15, 0.2) is 0 Å². The van der Waals surface area contributed by atoms with Gasteiger partial charge in [0.25, 0.3) is 0 Å². The second-order valence-corrected chi connectivity index (χ2v) is 5.50. The van der Waals surface area contributed by atoms with Gasteiger partial charge in [-0.05, 0) is 32.1 Å². The van der Waals surface area contributed by atoms with Crippen molar-refractivity contribution in [2.24, 2.45) is 5.41 Å². The topological polar surface area (TPSA) is 38.3 Å². The molecule has 2 atom stereocenters. The molecule has 1 fully saturated rings. The first-order chi connectivity index (χ1) is 6.83. The van der Waals surface area contributed by atoms with E-state index in [4.69, 9.17) is 4.74 Å². The van der Waals surface area contributed by atoms with Crippen LogP contribution >= 0.6 is 0 Å².